The van der Waals surface area contributed by atoms with Crippen LogP contribution in [-0.4, -0.2) is 38.6 Å². The number of hydrogen-bond donors (Lipinski definition) is 0. The second-order valence-electron chi connectivity index (χ2n) is 6.24. The lowest BCUT2D eigenvalue weighted by atomic mass is 9.83. The highest BCUT2D eigenvalue weighted by Crippen LogP contribution is 2.32. The van der Waals surface area contributed by atoms with Crippen molar-refractivity contribution in [2.24, 2.45) is 5.92 Å². The Labute approximate surface area is 129 Å². The van der Waals surface area contributed by atoms with E-state index in [4.69, 9.17) is 0 Å². The molecule has 2 aliphatic heterocycles. The van der Waals surface area contributed by atoms with Crippen molar-refractivity contribution in [2.45, 2.75) is 44.7 Å². The molecule has 0 aromatic carbocycles. The van der Waals surface area contributed by atoms with E-state index in [0.717, 1.165) is 29.3 Å². The number of rotatable bonds is 3. The molecular formula is C16H22N4S. The Morgan fingerprint density at radius 2 is 2.05 bits per heavy atom. The Bertz CT molecular complexity index is 575. The summed E-state index contributed by atoms with van der Waals surface area (Å²) < 4.78 is 2.32. The molecule has 4 nitrogen and oxygen atoms in total. The summed E-state index contributed by atoms with van der Waals surface area (Å²) in [5, 5.41) is 3.06. The van der Waals surface area contributed by atoms with Crippen LogP contribution in [0.25, 0.3) is 10.8 Å². The fourth-order valence-electron chi connectivity index (χ4n) is 4.03. The predicted octanol–water partition coefficient (Wildman–Crippen LogP) is 3.27. The fourth-order valence-corrected chi connectivity index (χ4v) is 4.68. The highest BCUT2D eigenvalue weighted by molar-refractivity contribution is 7.13. The quantitative estimate of drug-likeness (QED) is 0.872. The van der Waals surface area contributed by atoms with Crippen LogP contribution in [0.15, 0.2) is 24.0 Å². The molecule has 4 heterocycles. The van der Waals surface area contributed by atoms with E-state index in [1.165, 1.54) is 45.2 Å². The summed E-state index contributed by atoms with van der Waals surface area (Å²) in [4.78, 5) is 11.7. The monoisotopic (exact) mass is 302 g/mol. The lowest BCUT2D eigenvalue weighted by Gasteiger charge is -2.44. The predicted molar refractivity (Wildman–Crippen MR) is 85.3 cm³/mol. The van der Waals surface area contributed by atoms with Gasteiger partial charge in [0, 0.05) is 36.6 Å². The number of piperidine rings is 2. The van der Waals surface area contributed by atoms with E-state index in [9.17, 15) is 0 Å². The highest BCUT2D eigenvalue weighted by Gasteiger charge is 2.33. The van der Waals surface area contributed by atoms with Gasteiger partial charge in [-0.2, -0.15) is 0 Å². The van der Waals surface area contributed by atoms with Gasteiger partial charge in [-0.1, -0.05) is 6.42 Å². The SMILES string of the molecule is c1csc(-c2nccn2C[C@@H]2CCCN3CCCC[C@H]23)n1. The van der Waals surface area contributed by atoms with Crippen LogP contribution in [0.5, 0.6) is 0 Å². The van der Waals surface area contributed by atoms with Gasteiger partial charge in [-0.05, 0) is 44.7 Å². The van der Waals surface area contributed by atoms with Gasteiger partial charge in [0.25, 0.3) is 0 Å². The van der Waals surface area contributed by atoms with Crippen molar-refractivity contribution >= 4 is 11.3 Å². The maximum absolute atomic E-state index is 4.53. The second kappa shape index (κ2) is 5.89. The summed E-state index contributed by atoms with van der Waals surface area (Å²) in [6, 6.07) is 0.791. The third-order valence-electron chi connectivity index (χ3n) is 5.00. The number of hydrogen-bond acceptors (Lipinski definition) is 4. The van der Waals surface area contributed by atoms with Crippen LogP contribution in [0.1, 0.15) is 32.1 Å². The average Bonchev–Trinajstić information content (AvgIpc) is 3.18. The first-order valence-electron chi connectivity index (χ1n) is 8.07. The number of fused-ring (bicyclic) bond motifs is 1. The molecular weight excluding hydrogens is 280 g/mol. The molecule has 2 aromatic heterocycles. The Morgan fingerprint density at radius 3 is 2.95 bits per heavy atom. The first-order chi connectivity index (χ1) is 10.4. The largest absolute Gasteiger partial charge is 0.329 e. The van der Waals surface area contributed by atoms with E-state index in [0.29, 0.717) is 0 Å². The van der Waals surface area contributed by atoms with Gasteiger partial charge < -0.3 is 9.47 Å². The fraction of sp³-hybridized carbons (Fsp3) is 0.625. The molecule has 0 spiro atoms. The van der Waals surface area contributed by atoms with Crippen LogP contribution < -0.4 is 0 Å². The molecule has 2 fully saturated rings. The molecule has 2 aromatic rings. The maximum atomic E-state index is 4.53. The van der Waals surface area contributed by atoms with Gasteiger partial charge >= 0.3 is 0 Å². The van der Waals surface area contributed by atoms with Crippen LogP contribution in [0, 0.1) is 5.92 Å². The Balaban J connectivity index is 1.54. The zero-order valence-electron chi connectivity index (χ0n) is 12.3. The minimum Gasteiger partial charge on any atom is -0.329 e. The lowest BCUT2D eigenvalue weighted by Crippen LogP contribution is -2.49. The summed E-state index contributed by atoms with van der Waals surface area (Å²) in [6.45, 7) is 3.71. The number of aromatic nitrogens is 3. The molecule has 0 N–H and O–H groups in total. The molecule has 5 heteroatoms. The van der Waals surface area contributed by atoms with Crippen LogP contribution in [-0.2, 0) is 6.54 Å². The molecule has 0 unspecified atom stereocenters. The van der Waals surface area contributed by atoms with Gasteiger partial charge in [0.1, 0.15) is 0 Å². The van der Waals surface area contributed by atoms with Gasteiger partial charge in [-0.15, -0.1) is 11.3 Å². The Morgan fingerprint density at radius 1 is 1.10 bits per heavy atom. The molecule has 2 aliphatic rings. The van der Waals surface area contributed by atoms with E-state index in [2.05, 4.69) is 25.6 Å². The van der Waals surface area contributed by atoms with E-state index < -0.39 is 0 Å². The van der Waals surface area contributed by atoms with Crippen molar-refractivity contribution in [1.29, 1.82) is 0 Å². The van der Waals surface area contributed by atoms with E-state index in [1.54, 1.807) is 11.3 Å². The van der Waals surface area contributed by atoms with Crippen molar-refractivity contribution < 1.29 is 0 Å². The summed E-state index contributed by atoms with van der Waals surface area (Å²) in [6.07, 6.45) is 12.8. The molecule has 112 valence electrons. The van der Waals surface area contributed by atoms with Crippen molar-refractivity contribution in [2.75, 3.05) is 13.1 Å². The number of imidazole rings is 1. The summed E-state index contributed by atoms with van der Waals surface area (Å²) in [5.74, 6) is 1.81. The summed E-state index contributed by atoms with van der Waals surface area (Å²) in [7, 11) is 0. The van der Waals surface area contributed by atoms with Gasteiger partial charge in [-0.3, -0.25) is 0 Å². The zero-order valence-corrected chi connectivity index (χ0v) is 13.1. The van der Waals surface area contributed by atoms with Crippen molar-refractivity contribution in [1.82, 2.24) is 19.4 Å². The van der Waals surface area contributed by atoms with Crippen LogP contribution >= 0.6 is 11.3 Å². The number of thiazole rings is 1. The first kappa shape index (κ1) is 13.5. The standard InChI is InChI=1S/C16H22N4S/c1-2-8-19-9-3-4-13(14(19)5-1)12-20-10-6-17-15(20)16-18-7-11-21-16/h6-7,10-11,13-14H,1-5,8-9,12H2/t13-,14+/m0/s1. The molecule has 0 amide bonds. The maximum Gasteiger partial charge on any atom is 0.169 e. The van der Waals surface area contributed by atoms with Crippen molar-refractivity contribution in [3.05, 3.63) is 24.0 Å². The molecule has 0 radical (unpaired) electrons. The minimum atomic E-state index is 0.770. The second-order valence-corrected chi connectivity index (χ2v) is 7.14. The lowest BCUT2D eigenvalue weighted by molar-refractivity contribution is 0.0521. The van der Waals surface area contributed by atoms with E-state index in [-0.39, 0.29) is 0 Å². The smallest absolute Gasteiger partial charge is 0.169 e. The van der Waals surface area contributed by atoms with Gasteiger partial charge in [0.2, 0.25) is 0 Å². The Hall–Kier alpha value is -1.20. The van der Waals surface area contributed by atoms with Gasteiger partial charge in [-0.25, -0.2) is 9.97 Å². The van der Waals surface area contributed by atoms with Crippen LogP contribution in [0.3, 0.4) is 0 Å². The highest BCUT2D eigenvalue weighted by atomic mass is 32.1. The number of nitrogens with zero attached hydrogens (tertiary/aromatic N) is 4. The molecule has 2 atom stereocenters. The molecule has 2 saturated heterocycles. The van der Waals surface area contributed by atoms with E-state index in [1.807, 2.05) is 17.8 Å². The molecule has 4 rings (SSSR count). The molecule has 0 bridgehead atoms. The molecule has 0 aliphatic carbocycles. The molecule has 21 heavy (non-hydrogen) atoms. The van der Waals surface area contributed by atoms with Crippen LogP contribution in [0.4, 0.5) is 0 Å². The third-order valence-corrected chi connectivity index (χ3v) is 5.77. The summed E-state index contributed by atoms with van der Waals surface area (Å²) in [5.41, 5.74) is 0. The molecule has 0 saturated carbocycles. The van der Waals surface area contributed by atoms with Gasteiger partial charge in [0.05, 0.1) is 0 Å². The summed E-state index contributed by atoms with van der Waals surface area (Å²) >= 11 is 1.67. The first-order valence-corrected chi connectivity index (χ1v) is 8.95. The zero-order chi connectivity index (χ0) is 14.1. The average molecular weight is 302 g/mol. The Kier molecular flexibility index (Phi) is 3.78. The normalized spacial score (nSPS) is 26.7. The van der Waals surface area contributed by atoms with Crippen LogP contribution in [0.2, 0.25) is 0 Å². The van der Waals surface area contributed by atoms with Gasteiger partial charge in [0.15, 0.2) is 10.8 Å². The van der Waals surface area contributed by atoms with E-state index >= 15 is 0 Å². The van der Waals surface area contributed by atoms with Crippen molar-refractivity contribution in [3.63, 3.8) is 0 Å². The third kappa shape index (κ3) is 2.64. The minimum absolute atomic E-state index is 0.770. The van der Waals surface area contributed by atoms with Crippen molar-refractivity contribution in [3.8, 4) is 10.8 Å². The topological polar surface area (TPSA) is 34.0 Å².